The van der Waals surface area contributed by atoms with Crippen LogP contribution in [-0.4, -0.2) is 37.6 Å². The molecule has 0 amide bonds. The topological polar surface area (TPSA) is 15.3 Å². The summed E-state index contributed by atoms with van der Waals surface area (Å²) in [4.78, 5) is 2.71. The van der Waals surface area contributed by atoms with E-state index in [9.17, 15) is 0 Å². The van der Waals surface area contributed by atoms with Crippen molar-refractivity contribution in [3.63, 3.8) is 0 Å². The molecule has 2 heterocycles. The van der Waals surface area contributed by atoms with Crippen molar-refractivity contribution in [1.29, 1.82) is 0 Å². The van der Waals surface area contributed by atoms with Crippen LogP contribution in [0.5, 0.6) is 0 Å². The fourth-order valence-electron chi connectivity index (χ4n) is 3.17. The molecule has 2 rings (SSSR count). The summed E-state index contributed by atoms with van der Waals surface area (Å²) in [6, 6.07) is 0. The zero-order valence-electron chi connectivity index (χ0n) is 10.2. The maximum atomic E-state index is 3.59. The van der Waals surface area contributed by atoms with Crippen molar-refractivity contribution in [2.45, 2.75) is 45.4 Å². The molecule has 1 unspecified atom stereocenters. The van der Waals surface area contributed by atoms with Crippen LogP contribution < -0.4 is 5.32 Å². The minimum Gasteiger partial charge on any atom is -0.316 e. The van der Waals surface area contributed by atoms with Crippen LogP contribution in [0.15, 0.2) is 0 Å². The third-order valence-electron chi connectivity index (χ3n) is 4.32. The predicted molar refractivity (Wildman–Crippen MR) is 65.1 cm³/mol. The molecule has 2 nitrogen and oxygen atoms in total. The number of nitrogens with zero attached hydrogens (tertiary/aromatic N) is 1. The lowest BCUT2D eigenvalue weighted by molar-refractivity contribution is 0.0982. The van der Waals surface area contributed by atoms with E-state index in [0.29, 0.717) is 5.41 Å². The molecule has 2 heteroatoms. The van der Waals surface area contributed by atoms with E-state index < -0.39 is 0 Å². The van der Waals surface area contributed by atoms with E-state index in [0.717, 1.165) is 0 Å². The van der Waals surface area contributed by atoms with Gasteiger partial charge in [0.15, 0.2) is 0 Å². The van der Waals surface area contributed by atoms with Crippen molar-refractivity contribution in [3.8, 4) is 0 Å². The molecule has 0 radical (unpaired) electrons. The number of hydrogen-bond acceptors (Lipinski definition) is 2. The molecule has 1 N–H and O–H groups in total. The van der Waals surface area contributed by atoms with E-state index in [-0.39, 0.29) is 0 Å². The Balaban J connectivity index is 1.87. The van der Waals surface area contributed by atoms with Gasteiger partial charge in [-0.2, -0.15) is 0 Å². The van der Waals surface area contributed by atoms with Crippen LogP contribution >= 0.6 is 0 Å². The van der Waals surface area contributed by atoms with Crippen LogP contribution in [0, 0.1) is 5.41 Å². The van der Waals surface area contributed by atoms with Gasteiger partial charge in [0.2, 0.25) is 0 Å². The van der Waals surface area contributed by atoms with Crippen LogP contribution in [0.1, 0.15) is 45.4 Å². The highest BCUT2D eigenvalue weighted by Crippen LogP contribution is 2.31. The Labute approximate surface area is 94.4 Å². The summed E-state index contributed by atoms with van der Waals surface area (Å²) in [6.07, 6.45) is 8.46. The maximum absolute atomic E-state index is 3.59. The molecule has 88 valence electrons. The first kappa shape index (κ1) is 11.4. The van der Waals surface area contributed by atoms with Crippen LogP contribution in [0.4, 0.5) is 0 Å². The Morgan fingerprint density at radius 1 is 1.13 bits per heavy atom. The lowest BCUT2D eigenvalue weighted by atomic mass is 9.77. The molecular formula is C13H26N2. The van der Waals surface area contributed by atoms with Gasteiger partial charge in [0.1, 0.15) is 0 Å². The van der Waals surface area contributed by atoms with Gasteiger partial charge in [0, 0.05) is 13.1 Å². The molecule has 15 heavy (non-hydrogen) atoms. The van der Waals surface area contributed by atoms with Gasteiger partial charge in [-0.1, -0.05) is 13.3 Å². The Hall–Kier alpha value is -0.0800. The highest BCUT2D eigenvalue weighted by Gasteiger charge is 2.32. The summed E-state index contributed by atoms with van der Waals surface area (Å²) in [7, 11) is 0. The van der Waals surface area contributed by atoms with E-state index in [1.165, 1.54) is 71.2 Å². The predicted octanol–water partition coefficient (Wildman–Crippen LogP) is 2.25. The molecular weight excluding hydrogens is 184 g/mol. The molecule has 0 aromatic heterocycles. The molecule has 1 atom stereocenters. The molecule has 2 saturated heterocycles. The van der Waals surface area contributed by atoms with E-state index >= 15 is 0 Å². The van der Waals surface area contributed by atoms with Crippen molar-refractivity contribution in [2.24, 2.45) is 5.41 Å². The summed E-state index contributed by atoms with van der Waals surface area (Å²) < 4.78 is 0. The SMILES string of the molecule is CCC1(CN2CCCCC2)CCCNC1. The normalized spacial score (nSPS) is 34.2. The zero-order valence-corrected chi connectivity index (χ0v) is 10.2. The standard InChI is InChI=1S/C13H26N2/c1-2-13(7-6-8-14-11-13)12-15-9-4-3-5-10-15/h14H,2-12H2,1H3. The minimum atomic E-state index is 0.593. The van der Waals surface area contributed by atoms with E-state index in [2.05, 4.69) is 17.1 Å². The molecule has 2 aliphatic rings. The van der Waals surface area contributed by atoms with Crippen LogP contribution in [0.3, 0.4) is 0 Å². The first-order chi connectivity index (χ1) is 7.35. The van der Waals surface area contributed by atoms with Crippen LogP contribution in [0.25, 0.3) is 0 Å². The lowest BCUT2D eigenvalue weighted by Crippen LogP contribution is -2.48. The third kappa shape index (κ3) is 2.94. The van der Waals surface area contributed by atoms with Gasteiger partial charge in [0.05, 0.1) is 0 Å². The number of likely N-dealkylation sites (tertiary alicyclic amines) is 1. The van der Waals surface area contributed by atoms with Gasteiger partial charge < -0.3 is 10.2 Å². The molecule has 2 fully saturated rings. The average Bonchev–Trinajstić information content (AvgIpc) is 2.32. The summed E-state index contributed by atoms with van der Waals surface area (Å²) in [5, 5.41) is 3.59. The van der Waals surface area contributed by atoms with Crippen molar-refractivity contribution >= 4 is 0 Å². The number of nitrogens with one attached hydrogen (secondary N) is 1. The van der Waals surface area contributed by atoms with Gasteiger partial charge in [-0.3, -0.25) is 0 Å². The smallest absolute Gasteiger partial charge is 0.00500 e. The Morgan fingerprint density at radius 2 is 1.93 bits per heavy atom. The van der Waals surface area contributed by atoms with Crippen molar-refractivity contribution in [1.82, 2.24) is 10.2 Å². The molecule has 0 bridgehead atoms. The first-order valence-corrected chi connectivity index (χ1v) is 6.78. The summed E-state index contributed by atoms with van der Waals surface area (Å²) in [5.74, 6) is 0. The van der Waals surface area contributed by atoms with Crippen molar-refractivity contribution in [2.75, 3.05) is 32.7 Å². The summed E-state index contributed by atoms with van der Waals surface area (Å²) in [6.45, 7) is 8.90. The van der Waals surface area contributed by atoms with Gasteiger partial charge >= 0.3 is 0 Å². The molecule has 0 saturated carbocycles. The monoisotopic (exact) mass is 210 g/mol. The second-order valence-corrected chi connectivity index (χ2v) is 5.47. The van der Waals surface area contributed by atoms with Crippen molar-refractivity contribution < 1.29 is 0 Å². The third-order valence-corrected chi connectivity index (χ3v) is 4.32. The molecule has 0 spiro atoms. The van der Waals surface area contributed by atoms with Gasteiger partial charge in [-0.15, -0.1) is 0 Å². The number of hydrogen-bond donors (Lipinski definition) is 1. The van der Waals surface area contributed by atoms with Gasteiger partial charge in [0.25, 0.3) is 0 Å². The Morgan fingerprint density at radius 3 is 2.53 bits per heavy atom. The van der Waals surface area contributed by atoms with E-state index in [1.54, 1.807) is 0 Å². The van der Waals surface area contributed by atoms with E-state index in [4.69, 9.17) is 0 Å². The second-order valence-electron chi connectivity index (χ2n) is 5.47. The second kappa shape index (κ2) is 5.31. The van der Waals surface area contributed by atoms with Gasteiger partial charge in [-0.05, 0) is 57.2 Å². The van der Waals surface area contributed by atoms with Gasteiger partial charge in [-0.25, -0.2) is 0 Å². The molecule has 0 aromatic carbocycles. The van der Waals surface area contributed by atoms with Crippen LogP contribution in [-0.2, 0) is 0 Å². The lowest BCUT2D eigenvalue weighted by Gasteiger charge is -2.42. The minimum absolute atomic E-state index is 0.593. The highest BCUT2D eigenvalue weighted by molar-refractivity contribution is 4.87. The first-order valence-electron chi connectivity index (χ1n) is 6.78. The molecule has 0 aliphatic carbocycles. The maximum Gasteiger partial charge on any atom is 0.00500 e. The largest absolute Gasteiger partial charge is 0.316 e. The van der Waals surface area contributed by atoms with Crippen LogP contribution in [0.2, 0.25) is 0 Å². The number of piperidine rings is 2. The molecule has 0 aromatic rings. The highest BCUT2D eigenvalue weighted by atomic mass is 15.1. The average molecular weight is 210 g/mol. The Kier molecular flexibility index (Phi) is 4.04. The fourth-order valence-corrected chi connectivity index (χ4v) is 3.17. The summed E-state index contributed by atoms with van der Waals surface area (Å²) in [5.41, 5.74) is 0.593. The molecule has 2 aliphatic heterocycles. The van der Waals surface area contributed by atoms with Crippen molar-refractivity contribution in [3.05, 3.63) is 0 Å². The van der Waals surface area contributed by atoms with E-state index in [1.807, 2.05) is 0 Å². The summed E-state index contributed by atoms with van der Waals surface area (Å²) >= 11 is 0. The fraction of sp³-hybridized carbons (Fsp3) is 1.00. The quantitative estimate of drug-likeness (QED) is 0.768. The number of rotatable bonds is 3. The zero-order chi connectivity index (χ0) is 10.6. The Bertz CT molecular complexity index is 179.